The molecule has 0 bridgehead atoms. The molecular formula is C2H8NNaO4S2. The van der Waals surface area contributed by atoms with Gasteiger partial charge in [-0.2, -0.15) is 0 Å². The van der Waals surface area contributed by atoms with Gasteiger partial charge in [0.1, 0.15) is 6.09 Å². The summed E-state index contributed by atoms with van der Waals surface area (Å²) in [6.45, 7) is 0. The Morgan fingerprint density at radius 3 is 2.00 bits per heavy atom. The minimum Gasteiger partial charge on any atom is -0.529 e. The molecule has 0 rings (SSSR count). The number of nitrogens with one attached hydrogen (secondary N) is 1. The molecule has 0 aromatic heterocycles. The van der Waals surface area contributed by atoms with Crippen LogP contribution in [0.1, 0.15) is 0 Å². The smallest absolute Gasteiger partial charge is 0.529 e. The van der Waals surface area contributed by atoms with Gasteiger partial charge in [0.15, 0.2) is 0 Å². The zero-order valence-corrected chi connectivity index (χ0v) is 9.27. The Kier molecular flexibility index (Phi) is 36.9. The maximum atomic E-state index is 9.50. The van der Waals surface area contributed by atoms with Crippen LogP contribution in [0.25, 0.3) is 0 Å². The minimum absolute atomic E-state index is 0. The number of hydrogen-bond donors (Lipinski definition) is 1. The molecule has 0 atom stereocenters. The first-order chi connectivity index (χ1) is 3.27. The maximum Gasteiger partial charge on any atom is 1.00 e. The summed E-state index contributed by atoms with van der Waals surface area (Å²) < 4.78 is 1.98. The Bertz CT molecular complexity index is 74.3. The zero-order chi connectivity index (χ0) is 5.70. The molecule has 10 heavy (non-hydrogen) atoms. The van der Waals surface area contributed by atoms with E-state index in [2.05, 4.69) is 0 Å². The Balaban J connectivity index is -0.0000000600. The van der Waals surface area contributed by atoms with Crippen molar-refractivity contribution in [1.82, 2.24) is 4.72 Å². The molecule has 58 valence electrons. The van der Waals surface area contributed by atoms with Crippen molar-refractivity contribution < 1.29 is 50.4 Å². The van der Waals surface area contributed by atoms with Gasteiger partial charge in [0.25, 0.3) is 0 Å². The van der Waals surface area contributed by atoms with E-state index in [1.807, 2.05) is 4.72 Å². The molecule has 0 radical (unpaired) electrons. The van der Waals surface area contributed by atoms with Crippen LogP contribution in [0.5, 0.6) is 0 Å². The fraction of sp³-hybridized carbons (Fsp3) is 0.500. The van der Waals surface area contributed by atoms with Crippen molar-refractivity contribution in [2.45, 2.75) is 0 Å². The van der Waals surface area contributed by atoms with E-state index < -0.39 is 6.09 Å². The molecule has 0 saturated carbocycles. The summed E-state index contributed by atoms with van der Waals surface area (Å²) in [4.78, 5) is 9.50. The fourth-order valence-corrected chi connectivity index (χ4v) is 0.681. The molecule has 0 heterocycles. The van der Waals surface area contributed by atoms with Crippen LogP contribution in [-0.2, 0) is 0 Å². The third-order valence-electron chi connectivity index (χ3n) is 0.208. The number of hydrogen-bond acceptors (Lipinski definition) is 4. The van der Waals surface area contributed by atoms with Crippen LogP contribution in [0.3, 0.4) is 0 Å². The summed E-state index contributed by atoms with van der Waals surface area (Å²) in [5.74, 6) is 0. The summed E-state index contributed by atoms with van der Waals surface area (Å²) in [5.41, 5.74) is 0. The van der Waals surface area contributed by atoms with Gasteiger partial charge in [0, 0.05) is 11.0 Å². The standard InChI is InChI=1S/C2H5NO2S2.Na.2H2O/c1-6-7-3-2(4)5;;;/h3H,1H3,(H,4,5);;2*1H2/q;+1;;/p-1. The fourth-order valence-electron chi connectivity index (χ4n) is 0.0757. The Labute approximate surface area is 88.8 Å². The number of amides is 1. The van der Waals surface area contributed by atoms with Gasteiger partial charge in [-0.1, -0.05) is 10.8 Å². The third kappa shape index (κ3) is 23.1. The SMILES string of the molecule is CSSNC(=O)[O-].O.O.[Na+]. The number of carboxylic acid groups (broad SMARTS) is 1. The van der Waals surface area contributed by atoms with E-state index in [1.165, 1.54) is 10.8 Å². The van der Waals surface area contributed by atoms with E-state index in [0.717, 1.165) is 11.0 Å². The summed E-state index contributed by atoms with van der Waals surface area (Å²) in [6, 6.07) is 0. The molecule has 1 amide bonds. The Hall–Kier alpha value is 0.890. The zero-order valence-electron chi connectivity index (χ0n) is 5.63. The molecule has 0 aliphatic heterocycles. The van der Waals surface area contributed by atoms with E-state index in [1.54, 1.807) is 6.26 Å². The monoisotopic (exact) mass is 197 g/mol. The van der Waals surface area contributed by atoms with Gasteiger partial charge in [-0.05, 0) is 6.26 Å². The molecule has 0 unspecified atom stereocenters. The number of rotatable bonds is 2. The van der Waals surface area contributed by atoms with Crippen molar-refractivity contribution >= 4 is 27.9 Å². The molecule has 0 saturated heterocycles. The average molecular weight is 197 g/mol. The van der Waals surface area contributed by atoms with Gasteiger partial charge in [-0.25, -0.2) is 0 Å². The first kappa shape index (κ1) is 22.4. The topological polar surface area (TPSA) is 115 Å². The van der Waals surface area contributed by atoms with Crippen molar-refractivity contribution in [3.05, 3.63) is 0 Å². The minimum atomic E-state index is -1.25. The van der Waals surface area contributed by atoms with Crippen LogP contribution < -0.4 is 39.4 Å². The van der Waals surface area contributed by atoms with Crippen LogP contribution in [-0.4, -0.2) is 23.3 Å². The second-order valence-electron chi connectivity index (χ2n) is 0.640. The van der Waals surface area contributed by atoms with Crippen LogP contribution in [0.4, 0.5) is 4.79 Å². The van der Waals surface area contributed by atoms with Crippen molar-refractivity contribution in [1.29, 1.82) is 0 Å². The second kappa shape index (κ2) is 16.5. The van der Waals surface area contributed by atoms with Gasteiger partial charge in [-0.3, -0.25) is 0 Å². The van der Waals surface area contributed by atoms with E-state index in [-0.39, 0.29) is 40.5 Å². The first-order valence-electron chi connectivity index (χ1n) is 1.44. The second-order valence-corrected chi connectivity index (χ2v) is 2.84. The van der Waals surface area contributed by atoms with E-state index in [0.29, 0.717) is 0 Å². The van der Waals surface area contributed by atoms with Crippen molar-refractivity contribution in [3.63, 3.8) is 0 Å². The maximum absolute atomic E-state index is 9.50. The molecule has 5 nitrogen and oxygen atoms in total. The predicted molar refractivity (Wildman–Crippen MR) is 36.9 cm³/mol. The molecule has 0 aromatic carbocycles. The summed E-state index contributed by atoms with van der Waals surface area (Å²) >= 11 is 0. The molecule has 5 N–H and O–H groups in total. The number of carbonyl (C=O) groups is 1. The largest absolute Gasteiger partial charge is 1.00 e. The van der Waals surface area contributed by atoms with Gasteiger partial charge >= 0.3 is 29.6 Å². The van der Waals surface area contributed by atoms with Crippen LogP contribution in [0.15, 0.2) is 0 Å². The molecule has 0 spiro atoms. The van der Waals surface area contributed by atoms with Crippen molar-refractivity contribution in [2.24, 2.45) is 0 Å². The Morgan fingerprint density at radius 2 is 1.90 bits per heavy atom. The van der Waals surface area contributed by atoms with E-state index >= 15 is 0 Å². The normalized spacial score (nSPS) is 5.70. The molecule has 0 aliphatic rings. The quantitative estimate of drug-likeness (QED) is 0.271. The van der Waals surface area contributed by atoms with Gasteiger partial charge in [-0.15, -0.1) is 0 Å². The van der Waals surface area contributed by atoms with Crippen molar-refractivity contribution in [2.75, 3.05) is 6.26 Å². The van der Waals surface area contributed by atoms with Gasteiger partial charge in [0.2, 0.25) is 0 Å². The summed E-state index contributed by atoms with van der Waals surface area (Å²) in [5, 5.41) is 9.50. The van der Waals surface area contributed by atoms with Gasteiger partial charge in [0.05, 0.1) is 0 Å². The predicted octanol–water partition coefficient (Wildman–Crippen LogP) is -4.80. The third-order valence-corrected chi connectivity index (χ3v) is 1.37. The average Bonchev–Trinajstić information content (AvgIpc) is 1.61. The summed E-state index contributed by atoms with van der Waals surface area (Å²) in [7, 11) is 2.34. The molecule has 0 aliphatic carbocycles. The molecule has 8 heteroatoms. The van der Waals surface area contributed by atoms with Gasteiger partial charge < -0.3 is 25.6 Å². The van der Waals surface area contributed by atoms with Crippen LogP contribution in [0.2, 0.25) is 0 Å². The van der Waals surface area contributed by atoms with E-state index in [9.17, 15) is 9.90 Å². The van der Waals surface area contributed by atoms with E-state index in [4.69, 9.17) is 0 Å². The Morgan fingerprint density at radius 1 is 1.50 bits per heavy atom. The van der Waals surface area contributed by atoms with Crippen molar-refractivity contribution in [3.8, 4) is 0 Å². The van der Waals surface area contributed by atoms with Crippen LogP contribution in [0, 0.1) is 0 Å². The molecular weight excluding hydrogens is 189 g/mol. The first-order valence-corrected chi connectivity index (χ1v) is 4.00. The summed E-state index contributed by atoms with van der Waals surface area (Å²) in [6.07, 6.45) is 0.514. The molecule has 0 aromatic rings. The molecule has 0 fully saturated rings. The number of carbonyl (C=O) groups excluding carboxylic acids is 1. The van der Waals surface area contributed by atoms with Crippen LogP contribution >= 0.6 is 21.8 Å².